The number of halogens is 3. The van der Waals surface area contributed by atoms with Crippen molar-refractivity contribution in [1.82, 2.24) is 4.90 Å². The molecule has 2 fully saturated rings. The lowest BCUT2D eigenvalue weighted by atomic mass is 10.1. The van der Waals surface area contributed by atoms with Crippen molar-refractivity contribution < 1.29 is 23.1 Å². The van der Waals surface area contributed by atoms with Gasteiger partial charge in [0.15, 0.2) is 17.5 Å². The molecule has 1 aliphatic carbocycles. The molecule has 1 heterocycles. The van der Waals surface area contributed by atoms with Gasteiger partial charge in [-0.2, -0.15) is 0 Å². The van der Waals surface area contributed by atoms with Gasteiger partial charge in [0.05, 0.1) is 5.92 Å². The van der Waals surface area contributed by atoms with E-state index in [9.17, 15) is 18.0 Å². The molecular formula is C13H12F3NO2. The van der Waals surface area contributed by atoms with Gasteiger partial charge in [0.1, 0.15) is 0 Å². The maximum Gasteiger partial charge on any atom is 0.307 e. The minimum Gasteiger partial charge on any atom is -0.481 e. The lowest BCUT2D eigenvalue weighted by Crippen LogP contribution is -2.26. The van der Waals surface area contributed by atoms with E-state index in [1.54, 1.807) is 0 Å². The SMILES string of the molecule is O=C(O)C1[C@H]2CN(Cc3ccc(F)c(F)c3F)C[C@@H]12. The molecule has 1 N–H and O–H groups in total. The van der Waals surface area contributed by atoms with Crippen molar-refractivity contribution in [3.05, 3.63) is 35.1 Å². The highest BCUT2D eigenvalue weighted by Gasteiger charge is 2.59. The average molecular weight is 271 g/mol. The number of hydrogen-bond donors (Lipinski definition) is 1. The summed E-state index contributed by atoms with van der Waals surface area (Å²) in [5.41, 5.74) is 0.104. The smallest absolute Gasteiger partial charge is 0.307 e. The Hall–Kier alpha value is -1.56. The lowest BCUT2D eigenvalue weighted by Gasteiger charge is -2.19. The van der Waals surface area contributed by atoms with Crippen LogP contribution in [0.25, 0.3) is 0 Å². The van der Waals surface area contributed by atoms with Crippen molar-refractivity contribution in [2.75, 3.05) is 13.1 Å². The third-order valence-corrected chi connectivity index (χ3v) is 4.06. The number of piperidine rings is 1. The van der Waals surface area contributed by atoms with Gasteiger partial charge in [-0.1, -0.05) is 6.07 Å². The van der Waals surface area contributed by atoms with Crippen LogP contribution in [0.15, 0.2) is 12.1 Å². The van der Waals surface area contributed by atoms with Gasteiger partial charge < -0.3 is 5.11 Å². The summed E-state index contributed by atoms with van der Waals surface area (Å²) in [6.07, 6.45) is 0. The Kier molecular flexibility index (Phi) is 2.78. The predicted octanol–water partition coefficient (Wildman–Crippen LogP) is 1.87. The number of benzene rings is 1. The number of aliphatic carboxylic acids is 1. The number of carbonyl (C=O) groups is 1. The van der Waals surface area contributed by atoms with Gasteiger partial charge in [-0.3, -0.25) is 9.69 Å². The van der Waals surface area contributed by atoms with Crippen LogP contribution in [0.2, 0.25) is 0 Å². The van der Waals surface area contributed by atoms with Gasteiger partial charge in [-0.15, -0.1) is 0 Å². The van der Waals surface area contributed by atoms with Crippen LogP contribution in [0.4, 0.5) is 13.2 Å². The summed E-state index contributed by atoms with van der Waals surface area (Å²) < 4.78 is 39.4. The summed E-state index contributed by atoms with van der Waals surface area (Å²) >= 11 is 0. The zero-order chi connectivity index (χ0) is 13.7. The monoisotopic (exact) mass is 271 g/mol. The topological polar surface area (TPSA) is 40.5 Å². The predicted molar refractivity (Wildman–Crippen MR) is 59.7 cm³/mol. The standard InChI is InChI=1S/C13H12F3NO2/c14-9-2-1-6(11(15)12(9)16)3-17-4-7-8(5-17)10(7)13(18)19/h1-2,7-8,10H,3-5H2,(H,18,19)/t7-,8+,10?. The zero-order valence-electron chi connectivity index (χ0n) is 9.94. The Labute approximate surface area is 107 Å². The first-order valence-electron chi connectivity index (χ1n) is 6.06. The molecule has 0 amide bonds. The van der Waals surface area contributed by atoms with Crippen molar-refractivity contribution in [2.45, 2.75) is 6.54 Å². The van der Waals surface area contributed by atoms with Crippen molar-refractivity contribution in [3.8, 4) is 0 Å². The van der Waals surface area contributed by atoms with Crippen LogP contribution in [0.3, 0.4) is 0 Å². The van der Waals surface area contributed by atoms with Gasteiger partial charge >= 0.3 is 5.97 Å². The number of hydrogen-bond acceptors (Lipinski definition) is 2. The maximum absolute atomic E-state index is 13.5. The first-order chi connectivity index (χ1) is 8.99. The molecule has 3 atom stereocenters. The summed E-state index contributed by atoms with van der Waals surface area (Å²) in [5, 5.41) is 8.88. The zero-order valence-corrected chi connectivity index (χ0v) is 9.94. The molecule has 1 aliphatic heterocycles. The van der Waals surface area contributed by atoms with Crippen LogP contribution in [0.5, 0.6) is 0 Å². The number of likely N-dealkylation sites (tertiary alicyclic amines) is 1. The fourth-order valence-electron chi connectivity index (χ4n) is 3.04. The molecule has 0 aromatic heterocycles. The molecule has 2 aliphatic rings. The van der Waals surface area contributed by atoms with E-state index in [1.165, 1.54) is 6.07 Å². The second-order valence-corrected chi connectivity index (χ2v) is 5.22. The van der Waals surface area contributed by atoms with Gasteiger partial charge in [-0.05, 0) is 17.9 Å². The van der Waals surface area contributed by atoms with Crippen LogP contribution < -0.4 is 0 Å². The summed E-state index contributed by atoms with van der Waals surface area (Å²) in [7, 11) is 0. The van der Waals surface area contributed by atoms with Crippen molar-refractivity contribution in [3.63, 3.8) is 0 Å². The fourth-order valence-corrected chi connectivity index (χ4v) is 3.04. The molecule has 19 heavy (non-hydrogen) atoms. The first kappa shape index (κ1) is 12.5. The summed E-state index contributed by atoms with van der Waals surface area (Å²) in [6, 6.07) is 2.14. The molecule has 1 aromatic rings. The van der Waals surface area contributed by atoms with E-state index < -0.39 is 23.4 Å². The second-order valence-electron chi connectivity index (χ2n) is 5.22. The Bertz CT molecular complexity index is 537. The molecule has 6 heteroatoms. The third-order valence-electron chi connectivity index (χ3n) is 4.06. The van der Waals surface area contributed by atoms with Crippen LogP contribution in [0, 0.1) is 35.2 Å². The summed E-state index contributed by atoms with van der Waals surface area (Å²) in [5.74, 6) is -4.64. The molecule has 102 valence electrons. The minimum absolute atomic E-state index is 0.104. The summed E-state index contributed by atoms with van der Waals surface area (Å²) in [6.45, 7) is 1.32. The van der Waals surface area contributed by atoms with E-state index in [4.69, 9.17) is 5.11 Å². The number of carboxylic acid groups (broad SMARTS) is 1. The number of nitrogens with zero attached hydrogens (tertiary/aromatic N) is 1. The van der Waals surface area contributed by atoms with Crippen molar-refractivity contribution in [2.24, 2.45) is 17.8 Å². The Balaban J connectivity index is 1.66. The van der Waals surface area contributed by atoms with E-state index in [-0.39, 0.29) is 29.9 Å². The molecule has 1 aromatic carbocycles. The molecule has 1 unspecified atom stereocenters. The van der Waals surface area contributed by atoms with Gasteiger partial charge in [0, 0.05) is 25.2 Å². The van der Waals surface area contributed by atoms with Crippen molar-refractivity contribution >= 4 is 5.97 Å². The van der Waals surface area contributed by atoms with E-state index in [2.05, 4.69) is 0 Å². The van der Waals surface area contributed by atoms with Crippen molar-refractivity contribution in [1.29, 1.82) is 0 Å². The second kappa shape index (κ2) is 4.23. The molecule has 0 spiro atoms. The first-order valence-corrected chi connectivity index (χ1v) is 6.06. The van der Waals surface area contributed by atoms with Crippen LogP contribution in [0.1, 0.15) is 5.56 Å². The van der Waals surface area contributed by atoms with Crippen LogP contribution >= 0.6 is 0 Å². The molecule has 0 radical (unpaired) electrons. The van der Waals surface area contributed by atoms with Gasteiger partial charge in [0.25, 0.3) is 0 Å². The maximum atomic E-state index is 13.5. The Morgan fingerprint density at radius 1 is 1.21 bits per heavy atom. The molecule has 3 rings (SSSR count). The Morgan fingerprint density at radius 2 is 1.84 bits per heavy atom. The quantitative estimate of drug-likeness (QED) is 0.853. The normalized spacial score (nSPS) is 29.3. The van der Waals surface area contributed by atoms with E-state index >= 15 is 0 Å². The number of fused-ring (bicyclic) bond motifs is 1. The van der Waals surface area contributed by atoms with E-state index in [0.29, 0.717) is 13.1 Å². The summed E-state index contributed by atoms with van der Waals surface area (Å²) in [4.78, 5) is 12.7. The minimum atomic E-state index is -1.45. The number of rotatable bonds is 3. The van der Waals surface area contributed by atoms with Crippen LogP contribution in [-0.4, -0.2) is 29.1 Å². The fraction of sp³-hybridized carbons (Fsp3) is 0.462. The highest BCUT2D eigenvalue weighted by Crippen LogP contribution is 2.52. The van der Waals surface area contributed by atoms with E-state index in [1.807, 2.05) is 4.90 Å². The molecule has 0 bridgehead atoms. The largest absolute Gasteiger partial charge is 0.481 e. The third kappa shape index (κ3) is 2.00. The molecule has 3 nitrogen and oxygen atoms in total. The molecule has 1 saturated carbocycles. The highest BCUT2D eigenvalue weighted by molar-refractivity contribution is 5.74. The van der Waals surface area contributed by atoms with Gasteiger partial charge in [-0.25, -0.2) is 13.2 Å². The Morgan fingerprint density at radius 3 is 2.42 bits per heavy atom. The molecular weight excluding hydrogens is 259 g/mol. The highest BCUT2D eigenvalue weighted by atomic mass is 19.2. The van der Waals surface area contributed by atoms with Gasteiger partial charge in [0.2, 0.25) is 0 Å². The molecule has 1 saturated heterocycles. The number of carboxylic acids is 1. The van der Waals surface area contributed by atoms with E-state index in [0.717, 1.165) is 6.07 Å². The van der Waals surface area contributed by atoms with Crippen LogP contribution in [-0.2, 0) is 11.3 Å². The average Bonchev–Trinajstić information content (AvgIpc) is 2.88. The lowest BCUT2D eigenvalue weighted by molar-refractivity contribution is -0.139.